The molecule has 0 radical (unpaired) electrons. The van der Waals surface area contributed by atoms with Crippen LogP contribution in [0.3, 0.4) is 0 Å². The van der Waals surface area contributed by atoms with Crippen molar-refractivity contribution >= 4 is 11.9 Å². The van der Waals surface area contributed by atoms with Crippen LogP contribution < -0.4 is 18.9 Å². The van der Waals surface area contributed by atoms with Crippen molar-refractivity contribution in [3.8, 4) is 23.0 Å². The van der Waals surface area contributed by atoms with E-state index in [1.165, 1.54) is 82.8 Å². The van der Waals surface area contributed by atoms with E-state index in [2.05, 4.69) is 137 Å². The molecule has 0 fully saturated rings. The van der Waals surface area contributed by atoms with E-state index in [9.17, 15) is 9.59 Å². The van der Waals surface area contributed by atoms with Crippen LogP contribution in [0.15, 0.2) is 116 Å². The number of rotatable bonds is 35. The molecule has 1 aromatic carbocycles. The predicted molar refractivity (Wildman–Crippen MR) is 306 cm³/mol. The molecule has 6 nitrogen and oxygen atoms in total. The van der Waals surface area contributed by atoms with E-state index in [4.69, 9.17) is 18.9 Å². The van der Waals surface area contributed by atoms with Gasteiger partial charge in [-0.25, -0.2) is 0 Å². The SMILES string of the molecule is CCC(=O)Oc1c(C)c(C/C=C(\C)CC/C=C(\C)CC/C=C(\C)CC/C=C(\C)CC/C=C(\C)CC/C=C(\C)CC/C=C(\C)CC/C=C(\C)CC/C=C(\C)CCC=C(C)C)c(OC(=O)CC)c(OC)c1OC. The molecule has 0 saturated heterocycles. The Kier molecular flexibility index (Phi) is 34.2. The van der Waals surface area contributed by atoms with Crippen LogP contribution in [0.5, 0.6) is 23.0 Å². The fraction of sp³-hybridized carbons (Fsp3) is 0.569. The first-order valence-electron chi connectivity index (χ1n) is 27.1. The standard InChI is InChI=1S/C65H100O6/c1-17-60(66)70-62-58(14)59(63(71-61(67)18-2)65(69-16)64(62)68-15)47-46-57(13)45-27-44-56(12)43-26-42-55(11)41-25-40-54(10)39-24-38-53(9)37-23-36-52(8)35-22-34-51(7)33-21-32-50(6)31-20-30-49(5)29-19-28-48(3)4/h28,30,32,34,36,38,40,42,44,46H,17-27,29,31,33,35,37,39,41,43,45,47H2,1-16H3/b49-30+,50-32+,51-34+,52-36+,53-38+,54-40+,55-42+,56-44+,57-46+. The Morgan fingerprint density at radius 1 is 0.352 bits per heavy atom. The summed E-state index contributed by atoms with van der Waals surface area (Å²) in [6.07, 6.45) is 44.7. The van der Waals surface area contributed by atoms with E-state index < -0.39 is 0 Å². The number of carbonyl (C=O) groups is 2. The number of allylic oxidation sites excluding steroid dienone is 20. The Bertz CT molecular complexity index is 2120. The van der Waals surface area contributed by atoms with Crippen molar-refractivity contribution in [2.45, 2.75) is 232 Å². The van der Waals surface area contributed by atoms with Crippen LogP contribution in [-0.2, 0) is 16.0 Å². The van der Waals surface area contributed by atoms with E-state index in [0.29, 0.717) is 17.7 Å². The van der Waals surface area contributed by atoms with Gasteiger partial charge in [0.25, 0.3) is 0 Å². The van der Waals surface area contributed by atoms with Gasteiger partial charge in [0.05, 0.1) is 14.2 Å². The van der Waals surface area contributed by atoms with E-state index in [1.807, 2.05) is 6.92 Å². The average molecular weight is 978 g/mol. The molecule has 0 atom stereocenters. The summed E-state index contributed by atoms with van der Waals surface area (Å²) in [6, 6.07) is 0. The molecule has 0 bridgehead atoms. The number of hydrogen-bond donors (Lipinski definition) is 0. The molecule has 6 heteroatoms. The lowest BCUT2D eigenvalue weighted by atomic mass is 9.99. The van der Waals surface area contributed by atoms with Crippen LogP contribution in [0.4, 0.5) is 0 Å². The summed E-state index contributed by atoms with van der Waals surface area (Å²) in [4.78, 5) is 24.8. The maximum absolute atomic E-state index is 12.5. The van der Waals surface area contributed by atoms with Gasteiger partial charge in [0, 0.05) is 24.0 Å². The van der Waals surface area contributed by atoms with Gasteiger partial charge >= 0.3 is 11.9 Å². The number of methoxy groups -OCH3 is 2. The van der Waals surface area contributed by atoms with E-state index in [0.717, 1.165) is 108 Å². The third-order valence-electron chi connectivity index (χ3n) is 13.1. The van der Waals surface area contributed by atoms with Gasteiger partial charge in [-0.2, -0.15) is 0 Å². The highest BCUT2D eigenvalue weighted by Crippen LogP contribution is 2.50. The molecule has 71 heavy (non-hydrogen) atoms. The molecule has 0 aliphatic rings. The fourth-order valence-electron chi connectivity index (χ4n) is 8.19. The maximum Gasteiger partial charge on any atom is 0.311 e. The summed E-state index contributed by atoms with van der Waals surface area (Å²) >= 11 is 0. The fourth-order valence-corrected chi connectivity index (χ4v) is 8.19. The molecule has 0 aromatic heterocycles. The Morgan fingerprint density at radius 3 is 0.845 bits per heavy atom. The zero-order valence-electron chi connectivity index (χ0n) is 48.1. The molecule has 1 rings (SSSR count). The average Bonchev–Trinajstić information content (AvgIpc) is 3.31. The Balaban J connectivity index is 2.49. The summed E-state index contributed by atoms with van der Waals surface area (Å²) in [5.74, 6) is 0.272. The highest BCUT2D eigenvalue weighted by atomic mass is 16.6. The first-order valence-corrected chi connectivity index (χ1v) is 27.1. The first-order chi connectivity index (χ1) is 33.8. The van der Waals surface area contributed by atoms with Gasteiger partial charge in [-0.05, 0) is 205 Å². The second-order valence-electron chi connectivity index (χ2n) is 20.3. The third-order valence-corrected chi connectivity index (χ3v) is 13.1. The molecule has 1 aromatic rings. The van der Waals surface area contributed by atoms with Gasteiger partial charge in [0.1, 0.15) is 0 Å². The first kappa shape index (κ1) is 64.2. The number of ether oxygens (including phenoxy) is 4. The van der Waals surface area contributed by atoms with E-state index >= 15 is 0 Å². The molecule has 0 unspecified atom stereocenters. The summed E-state index contributed by atoms with van der Waals surface area (Å²) in [5, 5.41) is 0. The van der Waals surface area contributed by atoms with Crippen molar-refractivity contribution in [2.75, 3.05) is 14.2 Å². The second-order valence-corrected chi connectivity index (χ2v) is 20.3. The van der Waals surface area contributed by atoms with Crippen LogP contribution in [0.1, 0.15) is 230 Å². The number of benzene rings is 1. The van der Waals surface area contributed by atoms with Crippen molar-refractivity contribution in [3.63, 3.8) is 0 Å². The van der Waals surface area contributed by atoms with Gasteiger partial charge < -0.3 is 18.9 Å². The molecule has 0 aliphatic carbocycles. The predicted octanol–water partition coefficient (Wildman–Crippen LogP) is 19.7. The highest BCUT2D eigenvalue weighted by Gasteiger charge is 2.28. The van der Waals surface area contributed by atoms with Gasteiger partial charge in [-0.1, -0.05) is 130 Å². The number of carbonyl (C=O) groups excluding carboxylic acids is 2. The monoisotopic (exact) mass is 977 g/mol. The lowest BCUT2D eigenvalue weighted by Gasteiger charge is -2.22. The van der Waals surface area contributed by atoms with Crippen molar-refractivity contribution in [1.82, 2.24) is 0 Å². The quantitative estimate of drug-likeness (QED) is 0.0383. The van der Waals surface area contributed by atoms with Gasteiger partial charge in [0.2, 0.25) is 11.5 Å². The third kappa shape index (κ3) is 29.3. The minimum atomic E-state index is -0.389. The Morgan fingerprint density at radius 2 is 0.592 bits per heavy atom. The molecule has 396 valence electrons. The zero-order valence-corrected chi connectivity index (χ0v) is 48.1. The lowest BCUT2D eigenvalue weighted by molar-refractivity contribution is -0.135. The highest BCUT2D eigenvalue weighted by molar-refractivity contribution is 5.79. The van der Waals surface area contributed by atoms with Crippen molar-refractivity contribution in [1.29, 1.82) is 0 Å². The Hall–Kier alpha value is -4.84. The molecule has 0 spiro atoms. The lowest BCUT2D eigenvalue weighted by Crippen LogP contribution is -2.13. The molecule has 0 heterocycles. The van der Waals surface area contributed by atoms with Crippen molar-refractivity contribution in [2.24, 2.45) is 0 Å². The normalized spacial score (nSPS) is 13.7. The van der Waals surface area contributed by atoms with Crippen molar-refractivity contribution in [3.05, 3.63) is 128 Å². The largest absolute Gasteiger partial charge is 0.490 e. The van der Waals surface area contributed by atoms with Crippen LogP contribution >= 0.6 is 0 Å². The summed E-state index contributed by atoms with van der Waals surface area (Å²) in [7, 11) is 2.96. The molecule has 0 aliphatic heterocycles. The summed E-state index contributed by atoms with van der Waals surface area (Å²) in [5.41, 5.74) is 15.9. The van der Waals surface area contributed by atoms with Gasteiger partial charge in [-0.3, -0.25) is 9.59 Å². The maximum atomic E-state index is 12.5. The second kappa shape index (κ2) is 37.9. The summed E-state index contributed by atoms with van der Waals surface area (Å²) < 4.78 is 22.8. The van der Waals surface area contributed by atoms with Gasteiger partial charge in [-0.15, -0.1) is 0 Å². The minimum absolute atomic E-state index is 0.205. The Labute approximate surface area is 435 Å². The van der Waals surface area contributed by atoms with Crippen LogP contribution in [0.25, 0.3) is 0 Å². The topological polar surface area (TPSA) is 71.1 Å². The minimum Gasteiger partial charge on any atom is -0.490 e. The number of hydrogen-bond acceptors (Lipinski definition) is 6. The van der Waals surface area contributed by atoms with Crippen LogP contribution in [0, 0.1) is 6.92 Å². The van der Waals surface area contributed by atoms with Crippen LogP contribution in [-0.4, -0.2) is 26.2 Å². The molecular weight excluding hydrogens is 877 g/mol. The molecule has 0 amide bonds. The van der Waals surface area contributed by atoms with Crippen LogP contribution in [0.2, 0.25) is 0 Å². The van der Waals surface area contributed by atoms with Gasteiger partial charge in [0.15, 0.2) is 11.5 Å². The zero-order chi connectivity index (χ0) is 53.1. The van der Waals surface area contributed by atoms with E-state index in [1.54, 1.807) is 13.8 Å². The molecular formula is C65H100O6. The van der Waals surface area contributed by atoms with E-state index in [-0.39, 0.29) is 42.0 Å². The molecule has 0 N–H and O–H groups in total. The number of esters is 2. The summed E-state index contributed by atoms with van der Waals surface area (Å²) in [6.45, 7) is 30.0. The van der Waals surface area contributed by atoms with Crippen molar-refractivity contribution < 1.29 is 28.5 Å². The smallest absolute Gasteiger partial charge is 0.311 e. The molecule has 0 saturated carbocycles.